The Morgan fingerprint density at radius 3 is 2.36 bits per heavy atom. The molecule has 14 heteroatoms. The zero-order chi connectivity index (χ0) is 34.3. The van der Waals surface area contributed by atoms with E-state index in [1.165, 1.54) is 54.9 Å². The lowest BCUT2D eigenvalue weighted by Crippen LogP contribution is -2.41. The molecule has 0 fully saturated rings. The molecule has 4 rings (SSSR count). The van der Waals surface area contributed by atoms with Crippen molar-refractivity contribution >= 4 is 35.3 Å². The van der Waals surface area contributed by atoms with Gasteiger partial charge in [-0.15, -0.1) is 0 Å². The molecule has 47 heavy (non-hydrogen) atoms. The number of aliphatic carboxylic acids is 1. The number of carbonyl (C=O) groups is 4. The topological polar surface area (TPSA) is 172 Å². The quantitative estimate of drug-likeness (QED) is 0.116. The van der Waals surface area contributed by atoms with Gasteiger partial charge in [0.15, 0.2) is 0 Å². The van der Waals surface area contributed by atoms with Crippen LogP contribution in [0.25, 0.3) is 11.4 Å². The number of carbonyl (C=O) groups excluding carboxylic acids is 3. The zero-order valence-corrected chi connectivity index (χ0v) is 25.9. The number of pyridine rings is 1. The summed E-state index contributed by atoms with van der Waals surface area (Å²) in [5, 5.41) is 16.6. The minimum absolute atomic E-state index is 0.0501. The van der Waals surface area contributed by atoms with E-state index in [2.05, 4.69) is 25.9 Å². The molecule has 3 amide bonds. The average molecular weight is 650 g/mol. The van der Waals surface area contributed by atoms with E-state index in [0.717, 1.165) is 11.6 Å². The predicted molar refractivity (Wildman–Crippen MR) is 168 cm³/mol. The Morgan fingerprint density at radius 2 is 1.66 bits per heavy atom. The van der Waals surface area contributed by atoms with Crippen LogP contribution in [-0.2, 0) is 14.3 Å². The zero-order valence-electron chi connectivity index (χ0n) is 25.9. The Labute approximate surface area is 268 Å². The summed E-state index contributed by atoms with van der Waals surface area (Å²) in [7, 11) is 0. The summed E-state index contributed by atoms with van der Waals surface area (Å²) >= 11 is 0. The summed E-state index contributed by atoms with van der Waals surface area (Å²) in [6.45, 7) is 6.82. The number of aromatic nitrogens is 2. The molecule has 0 aliphatic carbocycles. The number of anilines is 2. The number of urea groups is 1. The van der Waals surface area contributed by atoms with Gasteiger partial charge in [-0.25, -0.2) is 18.4 Å². The number of ether oxygens (including phenoxy) is 2. The number of rotatable bonds is 11. The summed E-state index contributed by atoms with van der Waals surface area (Å²) < 4.78 is 39.7. The molecule has 0 radical (unpaired) electrons. The first kappa shape index (κ1) is 34.1. The number of carboxylic acids is 1. The molecule has 0 saturated heterocycles. The summed E-state index contributed by atoms with van der Waals surface area (Å²) in [6, 6.07) is 10.3. The average Bonchev–Trinajstić information content (AvgIpc) is 3.48. The van der Waals surface area contributed by atoms with Gasteiger partial charge in [0.05, 0.1) is 28.3 Å². The Hall–Kier alpha value is -5.79. The molecule has 1 unspecified atom stereocenters. The van der Waals surface area contributed by atoms with Crippen LogP contribution in [0.3, 0.4) is 0 Å². The minimum Gasteiger partial charge on any atom is -0.480 e. The number of carboxylic acid groups (broad SMARTS) is 1. The van der Waals surface area contributed by atoms with Crippen molar-refractivity contribution in [2.24, 2.45) is 0 Å². The molecule has 12 nitrogen and oxygen atoms in total. The smallest absolute Gasteiger partial charge is 0.326 e. The highest BCUT2D eigenvalue weighted by Gasteiger charge is 2.24. The number of halogens is 2. The number of H-pyrrole nitrogens is 1. The summed E-state index contributed by atoms with van der Waals surface area (Å²) in [4.78, 5) is 55.9. The molecule has 0 saturated carbocycles. The maximum atomic E-state index is 14.8. The van der Waals surface area contributed by atoms with Crippen LogP contribution in [0.5, 0.6) is 11.5 Å². The van der Waals surface area contributed by atoms with Crippen LogP contribution in [-0.4, -0.2) is 50.6 Å². The SMILES string of the molecule is Cc1ccc(F)c(NC(=O)Nc2ccc(Oc3ccnc(-c4cc(C(=O)NC(CCC(=O)OC(C)(C)C)C(=O)O)c[nH]4)c3)cc2F)c1. The Morgan fingerprint density at radius 1 is 0.936 bits per heavy atom. The van der Waals surface area contributed by atoms with Gasteiger partial charge >= 0.3 is 18.0 Å². The van der Waals surface area contributed by atoms with Crippen molar-refractivity contribution < 1.29 is 42.5 Å². The van der Waals surface area contributed by atoms with Crippen LogP contribution in [0.15, 0.2) is 67.0 Å². The monoisotopic (exact) mass is 649 g/mol. The maximum absolute atomic E-state index is 14.8. The number of aryl methyl sites for hydroxylation is 1. The second kappa shape index (κ2) is 14.5. The Kier molecular flexibility index (Phi) is 10.5. The van der Waals surface area contributed by atoms with E-state index in [0.29, 0.717) is 11.4 Å². The van der Waals surface area contributed by atoms with Gasteiger partial charge in [-0.2, -0.15) is 0 Å². The van der Waals surface area contributed by atoms with E-state index in [9.17, 15) is 33.1 Å². The first-order valence-electron chi connectivity index (χ1n) is 14.4. The normalized spacial score (nSPS) is 11.7. The number of benzene rings is 2. The summed E-state index contributed by atoms with van der Waals surface area (Å²) in [6.07, 6.45) is 2.45. The van der Waals surface area contributed by atoms with Crippen molar-refractivity contribution in [2.45, 2.75) is 52.2 Å². The highest BCUT2D eigenvalue weighted by Crippen LogP contribution is 2.28. The molecule has 1 atom stereocenters. The number of hydrogen-bond donors (Lipinski definition) is 5. The van der Waals surface area contributed by atoms with Gasteiger partial charge in [0.1, 0.15) is 34.8 Å². The van der Waals surface area contributed by atoms with E-state index in [1.54, 1.807) is 33.8 Å². The van der Waals surface area contributed by atoms with E-state index >= 15 is 0 Å². The number of nitrogens with zero attached hydrogens (tertiary/aromatic N) is 1. The van der Waals surface area contributed by atoms with E-state index < -0.39 is 47.2 Å². The molecule has 4 aromatic rings. The second-order valence-corrected chi connectivity index (χ2v) is 11.5. The third-order valence-electron chi connectivity index (χ3n) is 6.41. The second-order valence-electron chi connectivity index (χ2n) is 11.5. The fourth-order valence-corrected chi connectivity index (χ4v) is 4.26. The Bertz CT molecular complexity index is 1800. The molecule has 2 aromatic heterocycles. The summed E-state index contributed by atoms with van der Waals surface area (Å²) in [5.41, 5.74) is 0.685. The molecule has 0 spiro atoms. The van der Waals surface area contributed by atoms with Crippen LogP contribution in [0.4, 0.5) is 25.0 Å². The van der Waals surface area contributed by atoms with Crippen LogP contribution in [0.1, 0.15) is 49.5 Å². The molecule has 0 aliphatic heterocycles. The van der Waals surface area contributed by atoms with E-state index in [1.807, 2.05) is 0 Å². The highest BCUT2D eigenvalue weighted by molar-refractivity contribution is 6.00. The first-order valence-corrected chi connectivity index (χ1v) is 14.4. The van der Waals surface area contributed by atoms with Crippen LogP contribution >= 0.6 is 0 Å². The van der Waals surface area contributed by atoms with Gasteiger partial charge in [0, 0.05) is 30.9 Å². The van der Waals surface area contributed by atoms with Crippen LogP contribution < -0.4 is 20.7 Å². The van der Waals surface area contributed by atoms with Crippen molar-refractivity contribution in [3.63, 3.8) is 0 Å². The predicted octanol–water partition coefficient (Wildman–Crippen LogP) is 6.40. The van der Waals surface area contributed by atoms with E-state index in [-0.39, 0.29) is 41.3 Å². The van der Waals surface area contributed by atoms with Gasteiger partial charge in [0.2, 0.25) is 0 Å². The third-order valence-corrected chi connectivity index (χ3v) is 6.41. The molecular formula is C33H33F2N5O7. The van der Waals surface area contributed by atoms with Gasteiger partial charge in [0.25, 0.3) is 5.91 Å². The first-order chi connectivity index (χ1) is 22.2. The lowest BCUT2D eigenvalue weighted by molar-refractivity contribution is -0.155. The molecule has 5 N–H and O–H groups in total. The van der Waals surface area contributed by atoms with Gasteiger partial charge in [-0.1, -0.05) is 6.07 Å². The van der Waals surface area contributed by atoms with Crippen molar-refractivity contribution in [3.05, 3.63) is 89.8 Å². The van der Waals surface area contributed by atoms with Crippen molar-refractivity contribution in [1.29, 1.82) is 0 Å². The molecule has 246 valence electrons. The molecule has 2 heterocycles. The molecule has 0 bridgehead atoms. The fourth-order valence-electron chi connectivity index (χ4n) is 4.26. The van der Waals surface area contributed by atoms with Crippen LogP contribution in [0, 0.1) is 18.6 Å². The van der Waals surface area contributed by atoms with E-state index in [4.69, 9.17) is 9.47 Å². The lowest BCUT2D eigenvalue weighted by Gasteiger charge is -2.20. The van der Waals surface area contributed by atoms with Crippen molar-refractivity contribution in [1.82, 2.24) is 15.3 Å². The largest absolute Gasteiger partial charge is 0.480 e. The lowest BCUT2D eigenvalue weighted by atomic mass is 10.1. The Balaban J connectivity index is 1.37. The third kappa shape index (κ3) is 9.85. The number of esters is 1. The van der Waals surface area contributed by atoms with Gasteiger partial charge in [-0.05, 0) is 76.1 Å². The van der Waals surface area contributed by atoms with Gasteiger partial charge < -0.3 is 35.5 Å². The van der Waals surface area contributed by atoms with Crippen LogP contribution in [0.2, 0.25) is 0 Å². The molecule has 0 aliphatic rings. The van der Waals surface area contributed by atoms with Crippen molar-refractivity contribution in [3.8, 4) is 22.9 Å². The minimum atomic E-state index is -1.32. The summed E-state index contributed by atoms with van der Waals surface area (Å²) in [5.74, 6) is -3.62. The van der Waals surface area contributed by atoms with Gasteiger partial charge in [-0.3, -0.25) is 14.6 Å². The standard InChI is InChI=1S/C33H33F2N5O7/c1-18-5-7-22(34)26(13-18)40-32(45)39-24-8-6-20(15-23(24)35)46-21-11-12-36-28(16-21)27-14-19(17-37-27)30(42)38-25(31(43)44)9-10-29(41)47-33(2,3)4/h5-8,11-17,25,37H,9-10H2,1-4H3,(H,38,42)(H,43,44)(H2,39,40,45). The molecule has 2 aromatic carbocycles. The number of amides is 3. The molecular weight excluding hydrogens is 616 g/mol. The fraction of sp³-hybridized carbons (Fsp3) is 0.242. The number of aromatic amines is 1. The highest BCUT2D eigenvalue weighted by atomic mass is 19.1. The van der Waals surface area contributed by atoms with Crippen molar-refractivity contribution in [2.75, 3.05) is 10.6 Å². The number of hydrogen-bond acceptors (Lipinski definition) is 7. The maximum Gasteiger partial charge on any atom is 0.326 e. The number of nitrogens with one attached hydrogen (secondary N) is 4.